The molecule has 0 spiro atoms. The molecule has 76 valence electrons. The van der Waals surface area contributed by atoms with Crippen LogP contribution in [-0.4, -0.2) is 20.9 Å². The predicted molar refractivity (Wildman–Crippen MR) is 61.5 cm³/mol. The van der Waals surface area contributed by atoms with Crippen LogP contribution < -0.4 is 0 Å². The minimum atomic E-state index is 0.627. The number of nitrogens with one attached hydrogen (secondary N) is 1. The number of aromatic amines is 1. The second kappa shape index (κ2) is 4.04. The van der Waals surface area contributed by atoms with Gasteiger partial charge in [0.2, 0.25) is 0 Å². The molecule has 0 aliphatic heterocycles. The van der Waals surface area contributed by atoms with Gasteiger partial charge in [-0.3, -0.25) is 10.1 Å². The molecule has 0 bridgehead atoms. The van der Waals surface area contributed by atoms with Crippen LogP contribution in [0.1, 0.15) is 13.3 Å². The molecular formula is C11H12N4. The van der Waals surface area contributed by atoms with Crippen molar-refractivity contribution in [3.05, 3.63) is 31.0 Å². The molecule has 4 nitrogen and oxygen atoms in total. The summed E-state index contributed by atoms with van der Waals surface area (Å²) in [5, 5.41) is 7.00. The van der Waals surface area contributed by atoms with E-state index in [1.165, 1.54) is 0 Å². The molecule has 0 saturated heterocycles. The average molecular weight is 200 g/mol. The molecule has 1 N–H and O–H groups in total. The Bertz CT molecular complexity index is 510. The van der Waals surface area contributed by atoms with Gasteiger partial charge in [0, 0.05) is 11.9 Å². The Morgan fingerprint density at radius 1 is 1.67 bits per heavy atom. The van der Waals surface area contributed by atoms with E-state index >= 15 is 0 Å². The fraction of sp³-hybridized carbons (Fsp3) is 0.182. The molecule has 0 aliphatic carbocycles. The summed E-state index contributed by atoms with van der Waals surface area (Å²) in [7, 11) is 0. The summed E-state index contributed by atoms with van der Waals surface area (Å²) in [5.74, 6) is 0.627. The largest absolute Gasteiger partial charge is 0.274 e. The average Bonchev–Trinajstić information content (AvgIpc) is 2.69. The van der Waals surface area contributed by atoms with Gasteiger partial charge in [0.25, 0.3) is 0 Å². The molecule has 0 saturated carbocycles. The summed E-state index contributed by atoms with van der Waals surface area (Å²) in [6.45, 7) is 5.73. The molecule has 2 aromatic rings. The van der Waals surface area contributed by atoms with E-state index in [1.807, 2.05) is 19.1 Å². The molecule has 2 aromatic heterocycles. The van der Waals surface area contributed by atoms with Crippen LogP contribution in [0.25, 0.3) is 11.0 Å². The smallest absolute Gasteiger partial charge is 0.200 e. The van der Waals surface area contributed by atoms with Gasteiger partial charge in [0.05, 0.1) is 5.52 Å². The Balaban J connectivity index is 2.53. The quantitative estimate of drug-likeness (QED) is 0.774. The lowest BCUT2D eigenvalue weighted by molar-refractivity contribution is 1.10. The lowest BCUT2D eigenvalue weighted by Crippen LogP contribution is -1.88. The van der Waals surface area contributed by atoms with Crippen LogP contribution in [0.15, 0.2) is 36.0 Å². The Morgan fingerprint density at radius 3 is 3.27 bits per heavy atom. The van der Waals surface area contributed by atoms with Gasteiger partial charge < -0.3 is 0 Å². The first-order chi connectivity index (χ1) is 7.35. The zero-order valence-corrected chi connectivity index (χ0v) is 8.57. The minimum absolute atomic E-state index is 0.627. The van der Waals surface area contributed by atoms with Crippen LogP contribution in [0.4, 0.5) is 5.82 Å². The highest BCUT2D eigenvalue weighted by Gasteiger charge is 2.04. The number of hydrogen-bond donors (Lipinski definition) is 1. The summed E-state index contributed by atoms with van der Waals surface area (Å²) in [6.07, 6.45) is 4.31. The molecule has 0 aromatic carbocycles. The Morgan fingerprint density at radius 2 is 2.53 bits per heavy atom. The summed E-state index contributed by atoms with van der Waals surface area (Å²) in [5.41, 5.74) is 2.61. The molecule has 0 amide bonds. The number of aliphatic imine (C=N–C) groups is 1. The second-order valence-corrected chi connectivity index (χ2v) is 3.11. The molecule has 2 rings (SSSR count). The SMILES string of the molecule is C=CC(CC)=Nc1n[nH]c2cccnc12. The fourth-order valence-electron chi connectivity index (χ4n) is 1.32. The number of rotatable bonds is 3. The van der Waals surface area contributed by atoms with E-state index in [-0.39, 0.29) is 0 Å². The molecule has 0 fully saturated rings. The number of allylic oxidation sites excluding steroid dienone is 1. The van der Waals surface area contributed by atoms with Crippen molar-refractivity contribution in [1.29, 1.82) is 0 Å². The van der Waals surface area contributed by atoms with E-state index in [4.69, 9.17) is 0 Å². The van der Waals surface area contributed by atoms with Gasteiger partial charge in [-0.05, 0) is 24.6 Å². The molecule has 0 aliphatic rings. The standard InChI is InChI=1S/C11H12N4/c1-3-8(4-2)13-11-10-9(14-15-11)6-5-7-12-10/h3,5-7H,1,4H2,2H3,(H,14,15). The fourth-order valence-corrected chi connectivity index (χ4v) is 1.32. The highest BCUT2D eigenvalue weighted by molar-refractivity contribution is 5.98. The maximum atomic E-state index is 4.38. The number of hydrogen-bond acceptors (Lipinski definition) is 3. The van der Waals surface area contributed by atoms with Gasteiger partial charge in [-0.25, -0.2) is 4.99 Å². The highest BCUT2D eigenvalue weighted by Crippen LogP contribution is 2.20. The van der Waals surface area contributed by atoms with E-state index in [0.717, 1.165) is 23.2 Å². The minimum Gasteiger partial charge on any atom is -0.274 e. The zero-order chi connectivity index (χ0) is 10.7. The molecule has 0 atom stereocenters. The van der Waals surface area contributed by atoms with E-state index in [9.17, 15) is 0 Å². The van der Waals surface area contributed by atoms with Crippen LogP contribution in [0, 0.1) is 0 Å². The maximum Gasteiger partial charge on any atom is 0.200 e. The second-order valence-electron chi connectivity index (χ2n) is 3.11. The molecule has 15 heavy (non-hydrogen) atoms. The van der Waals surface area contributed by atoms with E-state index in [2.05, 4.69) is 26.8 Å². The van der Waals surface area contributed by atoms with Gasteiger partial charge in [-0.2, -0.15) is 5.10 Å². The highest BCUT2D eigenvalue weighted by atomic mass is 15.2. The van der Waals surface area contributed by atoms with Crippen LogP contribution in [0.5, 0.6) is 0 Å². The summed E-state index contributed by atoms with van der Waals surface area (Å²) >= 11 is 0. The van der Waals surface area contributed by atoms with Gasteiger partial charge in [0.15, 0.2) is 5.82 Å². The summed E-state index contributed by atoms with van der Waals surface area (Å²) in [4.78, 5) is 8.61. The van der Waals surface area contributed by atoms with E-state index in [0.29, 0.717) is 5.82 Å². The van der Waals surface area contributed by atoms with Crippen LogP contribution in [0.2, 0.25) is 0 Å². The molecular weight excluding hydrogens is 188 g/mol. The summed E-state index contributed by atoms with van der Waals surface area (Å²) < 4.78 is 0. The number of H-pyrrole nitrogens is 1. The molecule has 0 unspecified atom stereocenters. The third kappa shape index (κ3) is 1.79. The van der Waals surface area contributed by atoms with Gasteiger partial charge in [-0.15, -0.1) is 0 Å². The van der Waals surface area contributed by atoms with Crippen molar-refractivity contribution < 1.29 is 0 Å². The Hall–Kier alpha value is -1.97. The lowest BCUT2D eigenvalue weighted by atomic mass is 10.3. The van der Waals surface area contributed by atoms with Gasteiger partial charge in [0.1, 0.15) is 5.52 Å². The van der Waals surface area contributed by atoms with Crippen molar-refractivity contribution in [2.75, 3.05) is 0 Å². The first-order valence-corrected chi connectivity index (χ1v) is 4.84. The number of nitrogens with zero attached hydrogens (tertiary/aromatic N) is 3. The number of fused-ring (bicyclic) bond motifs is 1. The van der Waals surface area contributed by atoms with Crippen molar-refractivity contribution in [3.8, 4) is 0 Å². The third-order valence-electron chi connectivity index (χ3n) is 2.15. The van der Waals surface area contributed by atoms with Crippen molar-refractivity contribution in [2.45, 2.75) is 13.3 Å². The number of aromatic nitrogens is 3. The topological polar surface area (TPSA) is 53.9 Å². The Labute approximate surface area is 87.8 Å². The predicted octanol–water partition coefficient (Wildman–Crippen LogP) is 2.63. The normalized spacial score (nSPS) is 11.9. The molecule has 2 heterocycles. The van der Waals surface area contributed by atoms with Crippen LogP contribution in [0.3, 0.4) is 0 Å². The van der Waals surface area contributed by atoms with Crippen molar-refractivity contribution in [1.82, 2.24) is 15.2 Å². The van der Waals surface area contributed by atoms with Crippen LogP contribution in [-0.2, 0) is 0 Å². The molecule has 4 heteroatoms. The van der Waals surface area contributed by atoms with Gasteiger partial charge in [-0.1, -0.05) is 13.5 Å². The lowest BCUT2D eigenvalue weighted by Gasteiger charge is -1.93. The van der Waals surface area contributed by atoms with Crippen LogP contribution >= 0.6 is 0 Å². The third-order valence-corrected chi connectivity index (χ3v) is 2.15. The van der Waals surface area contributed by atoms with E-state index < -0.39 is 0 Å². The maximum absolute atomic E-state index is 4.38. The first kappa shape index (κ1) is 9.58. The van der Waals surface area contributed by atoms with Crippen molar-refractivity contribution >= 4 is 22.6 Å². The summed E-state index contributed by atoms with van der Waals surface area (Å²) in [6, 6.07) is 3.79. The first-order valence-electron chi connectivity index (χ1n) is 4.84. The van der Waals surface area contributed by atoms with Gasteiger partial charge >= 0.3 is 0 Å². The van der Waals surface area contributed by atoms with E-state index in [1.54, 1.807) is 12.3 Å². The molecule has 0 radical (unpaired) electrons. The number of pyridine rings is 1. The monoisotopic (exact) mass is 200 g/mol. The zero-order valence-electron chi connectivity index (χ0n) is 8.57. The van der Waals surface area contributed by atoms with Crippen molar-refractivity contribution in [2.24, 2.45) is 4.99 Å². The van der Waals surface area contributed by atoms with Crippen molar-refractivity contribution in [3.63, 3.8) is 0 Å². The Kier molecular flexibility index (Phi) is 2.58.